The van der Waals surface area contributed by atoms with Gasteiger partial charge in [0.05, 0.1) is 23.0 Å². The Balaban J connectivity index is 1.58. The van der Waals surface area contributed by atoms with E-state index < -0.39 is 0 Å². The van der Waals surface area contributed by atoms with Crippen molar-refractivity contribution in [1.29, 1.82) is 0 Å². The fourth-order valence-corrected chi connectivity index (χ4v) is 4.15. The zero-order chi connectivity index (χ0) is 22.8. The first-order valence-corrected chi connectivity index (χ1v) is 11.1. The Morgan fingerprint density at radius 3 is 2.59 bits per heavy atom. The summed E-state index contributed by atoms with van der Waals surface area (Å²) in [4.78, 5) is 27.2. The molecule has 7 nitrogen and oxygen atoms in total. The van der Waals surface area contributed by atoms with Crippen LogP contribution in [-0.4, -0.2) is 34.8 Å². The zero-order valence-electron chi connectivity index (χ0n) is 18.5. The number of furan rings is 1. The Hall–Kier alpha value is -3.48. The summed E-state index contributed by atoms with van der Waals surface area (Å²) >= 11 is 0. The summed E-state index contributed by atoms with van der Waals surface area (Å²) in [5.74, 6) is 1.06. The summed E-state index contributed by atoms with van der Waals surface area (Å²) in [6.45, 7) is 9.13. The number of carbonyl (C=O) groups is 2. The van der Waals surface area contributed by atoms with Gasteiger partial charge in [-0.15, -0.1) is 0 Å². The van der Waals surface area contributed by atoms with Crippen LogP contribution in [-0.2, 0) is 4.79 Å². The maximum absolute atomic E-state index is 12.9. The number of hydrogen-bond donors (Lipinski definition) is 3. The van der Waals surface area contributed by atoms with Gasteiger partial charge in [-0.1, -0.05) is 19.6 Å². The zero-order valence-corrected chi connectivity index (χ0v) is 18.5. The maximum Gasteiger partial charge on any atom is 0.257 e. The summed E-state index contributed by atoms with van der Waals surface area (Å²) in [6, 6.07) is 8.62. The van der Waals surface area contributed by atoms with E-state index in [-0.39, 0.29) is 29.0 Å². The second-order valence-electron chi connectivity index (χ2n) is 8.29. The van der Waals surface area contributed by atoms with Gasteiger partial charge in [0.1, 0.15) is 17.2 Å². The molecule has 0 radical (unpaired) electrons. The minimum Gasteiger partial charge on any atom is -0.505 e. The highest BCUT2D eigenvalue weighted by Gasteiger charge is 2.35. The second kappa shape index (κ2) is 8.94. The van der Waals surface area contributed by atoms with E-state index in [0.717, 1.165) is 30.8 Å². The van der Waals surface area contributed by atoms with Crippen LogP contribution >= 0.6 is 0 Å². The molecule has 1 atom stereocenters. The highest BCUT2D eigenvalue weighted by Crippen LogP contribution is 2.36. The molecule has 1 fully saturated rings. The van der Waals surface area contributed by atoms with Crippen LogP contribution in [0.15, 0.2) is 58.3 Å². The molecule has 1 aromatic heterocycles. The summed E-state index contributed by atoms with van der Waals surface area (Å²) in [5.41, 5.74) is 1.83. The van der Waals surface area contributed by atoms with Crippen molar-refractivity contribution in [3.63, 3.8) is 0 Å². The van der Waals surface area contributed by atoms with Gasteiger partial charge < -0.3 is 25.1 Å². The van der Waals surface area contributed by atoms with Crippen molar-refractivity contribution in [3.05, 3.63) is 71.0 Å². The largest absolute Gasteiger partial charge is 0.505 e. The topological polar surface area (TPSA) is 94.8 Å². The van der Waals surface area contributed by atoms with Crippen molar-refractivity contribution in [3.8, 4) is 5.75 Å². The number of amides is 1. The first-order valence-electron chi connectivity index (χ1n) is 11.1. The van der Waals surface area contributed by atoms with Gasteiger partial charge in [-0.3, -0.25) is 9.59 Å². The molecule has 1 aliphatic heterocycles. The molecule has 168 valence electrons. The van der Waals surface area contributed by atoms with Crippen LogP contribution in [0.25, 0.3) is 0 Å². The van der Waals surface area contributed by atoms with Crippen LogP contribution in [0.2, 0.25) is 0 Å². The third-order valence-electron chi connectivity index (χ3n) is 6.05. The van der Waals surface area contributed by atoms with Gasteiger partial charge in [0.25, 0.3) is 5.91 Å². The smallest absolute Gasteiger partial charge is 0.257 e. The molecule has 3 N–H and O–H groups in total. The van der Waals surface area contributed by atoms with Crippen molar-refractivity contribution >= 4 is 17.4 Å². The first kappa shape index (κ1) is 21.7. The third-order valence-corrected chi connectivity index (χ3v) is 6.05. The molecule has 4 rings (SSSR count). The first-order chi connectivity index (χ1) is 15.4. The predicted molar refractivity (Wildman–Crippen MR) is 122 cm³/mol. The highest BCUT2D eigenvalue weighted by atomic mass is 16.3. The minimum atomic E-state index is -0.186. The van der Waals surface area contributed by atoms with E-state index >= 15 is 0 Å². The number of rotatable bonds is 7. The maximum atomic E-state index is 12.9. The van der Waals surface area contributed by atoms with E-state index in [1.807, 2.05) is 26.0 Å². The molecule has 0 bridgehead atoms. The van der Waals surface area contributed by atoms with E-state index in [1.165, 1.54) is 0 Å². The van der Waals surface area contributed by atoms with Crippen molar-refractivity contribution in [2.75, 3.05) is 18.4 Å². The molecular weight excluding hydrogens is 406 g/mol. The average molecular weight is 436 g/mol. The summed E-state index contributed by atoms with van der Waals surface area (Å²) in [7, 11) is 0. The van der Waals surface area contributed by atoms with Crippen LogP contribution < -0.4 is 10.6 Å². The van der Waals surface area contributed by atoms with Crippen LogP contribution in [0, 0.1) is 6.92 Å². The van der Waals surface area contributed by atoms with Gasteiger partial charge in [0.2, 0.25) is 5.78 Å². The number of piperidine rings is 1. The van der Waals surface area contributed by atoms with Crippen molar-refractivity contribution < 1.29 is 19.1 Å². The van der Waals surface area contributed by atoms with E-state index in [0.29, 0.717) is 42.2 Å². The molecule has 2 aliphatic rings. The molecule has 1 saturated heterocycles. The monoisotopic (exact) mass is 435 g/mol. The number of aryl methyl sites for hydroxylation is 1. The molecular formula is C25H29N3O4. The molecule has 2 aromatic rings. The summed E-state index contributed by atoms with van der Waals surface area (Å²) in [5, 5.41) is 17.2. The Bertz CT molecular complexity index is 1090. The number of anilines is 1. The fraction of sp³-hybridized carbons (Fsp3) is 0.360. The Labute approximate surface area is 187 Å². The van der Waals surface area contributed by atoms with Gasteiger partial charge in [-0.05, 0) is 56.9 Å². The molecule has 2 heterocycles. The lowest BCUT2D eigenvalue weighted by Crippen LogP contribution is -2.37. The minimum absolute atomic E-state index is 0.129. The number of Topliss-reactive ketones (excluding diaryl/α,β-unsaturated/α-hetero) is 1. The number of nitrogens with zero attached hydrogens (tertiary/aromatic N) is 1. The lowest BCUT2D eigenvalue weighted by Gasteiger charge is -2.30. The molecule has 32 heavy (non-hydrogen) atoms. The number of para-hydroxylation sites is 1. The number of phenols is 1. The van der Waals surface area contributed by atoms with E-state index in [2.05, 4.69) is 17.2 Å². The van der Waals surface area contributed by atoms with E-state index in [1.54, 1.807) is 23.1 Å². The second-order valence-corrected chi connectivity index (χ2v) is 8.29. The van der Waals surface area contributed by atoms with Gasteiger partial charge >= 0.3 is 0 Å². The Morgan fingerprint density at radius 2 is 1.94 bits per heavy atom. The number of carbonyl (C=O) groups excluding carboxylic acids is 2. The standard InChI is InChI=1S/C25H29N3O4/c1-4-18(20-12-11-15(2)32-20)26-22-21(16(3)23(22)29)27-19-10-8-9-17(24(19)30)25(31)28-13-6-5-7-14-28/h8-12,18,26-27,30H,3-7,13-14H2,1-2H3/t18-/m1/s1. The number of allylic oxidation sites excluding steroid dienone is 2. The molecule has 1 aliphatic carbocycles. The molecule has 0 spiro atoms. The van der Waals surface area contributed by atoms with Crippen LogP contribution in [0.1, 0.15) is 60.5 Å². The van der Waals surface area contributed by atoms with Gasteiger partial charge in [0.15, 0.2) is 5.75 Å². The SMILES string of the molecule is C=C1C(=O)C(N[C@H](CC)c2ccc(C)o2)=C1Nc1cccc(C(=O)N2CCCCC2)c1O. The normalized spacial score (nSPS) is 17.2. The lowest BCUT2D eigenvalue weighted by atomic mass is 9.91. The summed E-state index contributed by atoms with van der Waals surface area (Å²) < 4.78 is 5.72. The van der Waals surface area contributed by atoms with Crippen molar-refractivity contribution in [2.24, 2.45) is 0 Å². The van der Waals surface area contributed by atoms with Crippen molar-refractivity contribution in [2.45, 2.75) is 45.6 Å². The number of nitrogens with one attached hydrogen (secondary N) is 2. The predicted octanol–water partition coefficient (Wildman–Crippen LogP) is 4.42. The number of ketones is 1. The van der Waals surface area contributed by atoms with Gasteiger partial charge in [0, 0.05) is 18.7 Å². The van der Waals surface area contributed by atoms with Crippen molar-refractivity contribution in [1.82, 2.24) is 10.2 Å². The molecule has 0 saturated carbocycles. The molecule has 7 heteroatoms. The van der Waals surface area contributed by atoms with Gasteiger partial charge in [-0.2, -0.15) is 0 Å². The molecule has 1 aromatic carbocycles. The Kier molecular flexibility index (Phi) is 6.08. The Morgan fingerprint density at radius 1 is 1.19 bits per heavy atom. The number of hydrogen-bond acceptors (Lipinski definition) is 6. The van der Waals surface area contributed by atoms with Crippen LogP contribution in [0.4, 0.5) is 5.69 Å². The molecule has 0 unspecified atom stereocenters. The van der Waals surface area contributed by atoms with Gasteiger partial charge in [-0.25, -0.2) is 0 Å². The van der Waals surface area contributed by atoms with Crippen LogP contribution in [0.5, 0.6) is 5.75 Å². The number of benzene rings is 1. The molecule has 1 amide bonds. The summed E-state index contributed by atoms with van der Waals surface area (Å²) in [6.07, 6.45) is 3.78. The number of aromatic hydroxyl groups is 1. The quantitative estimate of drug-likeness (QED) is 0.440. The highest BCUT2D eigenvalue weighted by molar-refractivity contribution is 6.20. The van der Waals surface area contributed by atoms with E-state index in [4.69, 9.17) is 4.42 Å². The number of likely N-dealkylation sites (tertiary alicyclic amines) is 1. The number of phenolic OH excluding ortho intramolecular Hbond substituents is 1. The van der Waals surface area contributed by atoms with E-state index in [9.17, 15) is 14.7 Å². The average Bonchev–Trinajstić information content (AvgIpc) is 3.25. The fourth-order valence-electron chi connectivity index (χ4n) is 4.15. The third kappa shape index (κ3) is 4.02. The lowest BCUT2D eigenvalue weighted by molar-refractivity contribution is -0.113. The van der Waals surface area contributed by atoms with Crippen LogP contribution in [0.3, 0.4) is 0 Å².